The first-order valence-electron chi connectivity index (χ1n) is 6.06. The molecular weight excluding hydrogens is 264 g/mol. The number of hydrogen-bond acceptors (Lipinski definition) is 2. The van der Waals surface area contributed by atoms with Gasteiger partial charge >= 0.3 is 0 Å². The lowest BCUT2D eigenvalue weighted by Gasteiger charge is -2.06. The van der Waals surface area contributed by atoms with Crippen LogP contribution < -0.4 is 5.32 Å². The normalized spacial score (nSPS) is 10.3. The maximum absolute atomic E-state index is 13.0. The fourth-order valence-corrected chi connectivity index (χ4v) is 1.77. The maximum atomic E-state index is 13.0. The van der Waals surface area contributed by atoms with Gasteiger partial charge in [0.05, 0.1) is 0 Å². The second kappa shape index (κ2) is 6.25. The van der Waals surface area contributed by atoms with E-state index in [0.29, 0.717) is 18.2 Å². The zero-order valence-electron chi connectivity index (χ0n) is 10.6. The lowest BCUT2D eigenvalue weighted by molar-refractivity contribution is 0.102. The van der Waals surface area contributed by atoms with Crippen LogP contribution in [0.3, 0.4) is 0 Å². The van der Waals surface area contributed by atoms with Gasteiger partial charge in [0.2, 0.25) is 0 Å². The molecule has 0 heterocycles. The molecule has 0 aliphatic rings. The summed E-state index contributed by atoms with van der Waals surface area (Å²) in [5, 5.41) is 11.3. The summed E-state index contributed by atoms with van der Waals surface area (Å²) in [7, 11) is 0. The van der Waals surface area contributed by atoms with E-state index >= 15 is 0 Å². The molecule has 2 rings (SSSR count). The van der Waals surface area contributed by atoms with Crippen molar-refractivity contribution in [3.63, 3.8) is 0 Å². The molecule has 3 nitrogen and oxygen atoms in total. The zero-order chi connectivity index (χ0) is 14.5. The molecule has 2 N–H and O–H groups in total. The number of aliphatic hydroxyl groups is 1. The first-order chi connectivity index (χ1) is 9.58. The monoisotopic (exact) mass is 277 g/mol. The van der Waals surface area contributed by atoms with Crippen LogP contribution in [0.1, 0.15) is 15.9 Å². The molecule has 2 aromatic carbocycles. The van der Waals surface area contributed by atoms with E-state index < -0.39 is 17.5 Å². The summed E-state index contributed by atoms with van der Waals surface area (Å²) in [5.41, 5.74) is 1.37. The van der Waals surface area contributed by atoms with E-state index in [1.807, 2.05) is 0 Å². The van der Waals surface area contributed by atoms with E-state index in [2.05, 4.69) is 5.32 Å². The highest BCUT2D eigenvalue weighted by atomic mass is 19.1. The van der Waals surface area contributed by atoms with Crippen LogP contribution in [-0.4, -0.2) is 17.6 Å². The van der Waals surface area contributed by atoms with Crippen LogP contribution in [0.5, 0.6) is 0 Å². The van der Waals surface area contributed by atoms with E-state index in [1.54, 1.807) is 24.3 Å². The fourth-order valence-electron chi connectivity index (χ4n) is 1.77. The number of carbonyl (C=O) groups excluding carboxylic acids is 1. The predicted molar refractivity (Wildman–Crippen MR) is 71.5 cm³/mol. The number of anilines is 1. The first kappa shape index (κ1) is 14.1. The Bertz CT molecular complexity index is 592. The molecule has 0 bridgehead atoms. The minimum Gasteiger partial charge on any atom is -0.396 e. The molecule has 0 saturated heterocycles. The summed E-state index contributed by atoms with van der Waals surface area (Å²) in [6.07, 6.45) is 0.531. The van der Waals surface area contributed by atoms with Crippen molar-refractivity contribution in [1.29, 1.82) is 0 Å². The second-order valence-corrected chi connectivity index (χ2v) is 4.28. The predicted octanol–water partition coefficient (Wildman–Crippen LogP) is 2.75. The van der Waals surface area contributed by atoms with Gasteiger partial charge in [-0.2, -0.15) is 0 Å². The Labute approximate surface area is 114 Å². The van der Waals surface area contributed by atoms with Crippen molar-refractivity contribution in [3.8, 4) is 0 Å². The van der Waals surface area contributed by atoms with Crippen LogP contribution in [0.25, 0.3) is 0 Å². The van der Waals surface area contributed by atoms with Gasteiger partial charge in [0.25, 0.3) is 5.91 Å². The number of hydrogen-bond donors (Lipinski definition) is 2. The molecule has 1 amide bonds. The summed E-state index contributed by atoms with van der Waals surface area (Å²) >= 11 is 0. The van der Waals surface area contributed by atoms with Crippen molar-refractivity contribution >= 4 is 11.6 Å². The molecule has 104 valence electrons. The molecule has 0 aliphatic carbocycles. The summed E-state index contributed by atoms with van der Waals surface area (Å²) < 4.78 is 26.0. The summed E-state index contributed by atoms with van der Waals surface area (Å²) in [4.78, 5) is 11.8. The van der Waals surface area contributed by atoms with Crippen LogP contribution in [0.15, 0.2) is 42.5 Å². The van der Waals surface area contributed by atoms with Crippen molar-refractivity contribution in [1.82, 2.24) is 0 Å². The first-order valence-corrected chi connectivity index (χ1v) is 6.06. The smallest absolute Gasteiger partial charge is 0.255 e. The molecule has 0 saturated carbocycles. The Morgan fingerprint density at radius 3 is 2.20 bits per heavy atom. The highest BCUT2D eigenvalue weighted by Gasteiger charge is 2.09. The molecule has 0 aromatic heterocycles. The molecule has 0 atom stereocenters. The molecule has 0 spiro atoms. The van der Waals surface area contributed by atoms with E-state index in [4.69, 9.17) is 5.11 Å². The number of amides is 1. The highest BCUT2D eigenvalue weighted by Crippen LogP contribution is 2.13. The summed E-state index contributed by atoms with van der Waals surface area (Å²) in [5.74, 6) is -2.18. The Morgan fingerprint density at radius 1 is 1.05 bits per heavy atom. The van der Waals surface area contributed by atoms with Gasteiger partial charge in [-0.1, -0.05) is 12.1 Å². The van der Waals surface area contributed by atoms with Crippen LogP contribution in [-0.2, 0) is 6.42 Å². The fraction of sp³-hybridized carbons (Fsp3) is 0.133. The Morgan fingerprint density at radius 2 is 1.65 bits per heavy atom. The van der Waals surface area contributed by atoms with Crippen molar-refractivity contribution in [2.24, 2.45) is 0 Å². The van der Waals surface area contributed by atoms with E-state index in [-0.39, 0.29) is 12.2 Å². The lowest BCUT2D eigenvalue weighted by Crippen LogP contribution is -2.12. The Kier molecular flexibility index (Phi) is 4.42. The average molecular weight is 277 g/mol. The van der Waals surface area contributed by atoms with Crippen LogP contribution in [0.4, 0.5) is 14.5 Å². The van der Waals surface area contributed by atoms with Gasteiger partial charge in [0, 0.05) is 23.9 Å². The molecule has 0 fully saturated rings. The van der Waals surface area contributed by atoms with Gasteiger partial charge in [0.1, 0.15) is 11.6 Å². The number of rotatable bonds is 4. The third-order valence-corrected chi connectivity index (χ3v) is 2.74. The second-order valence-electron chi connectivity index (χ2n) is 4.28. The molecular formula is C15H13F2NO2. The molecule has 0 aliphatic heterocycles. The highest BCUT2D eigenvalue weighted by molar-refractivity contribution is 6.04. The summed E-state index contributed by atoms with van der Waals surface area (Å²) in [6, 6.07) is 9.50. The molecule has 20 heavy (non-hydrogen) atoms. The van der Waals surface area contributed by atoms with Crippen molar-refractivity contribution in [2.45, 2.75) is 6.42 Å². The number of carbonyl (C=O) groups is 1. The zero-order valence-corrected chi connectivity index (χ0v) is 10.6. The SMILES string of the molecule is O=C(Nc1ccc(CCO)cc1)c1cc(F)cc(F)c1. The Balaban J connectivity index is 2.10. The lowest BCUT2D eigenvalue weighted by atomic mass is 10.1. The number of benzene rings is 2. The number of aliphatic hydroxyl groups excluding tert-OH is 1. The standard InChI is InChI=1S/C15H13F2NO2/c16-12-7-11(8-13(17)9-12)15(20)18-14-3-1-10(2-4-14)5-6-19/h1-4,7-9,19H,5-6H2,(H,18,20). The third kappa shape index (κ3) is 3.61. The Hall–Kier alpha value is -2.27. The maximum Gasteiger partial charge on any atom is 0.255 e. The van der Waals surface area contributed by atoms with Gasteiger partial charge in [-0.15, -0.1) is 0 Å². The topological polar surface area (TPSA) is 49.3 Å². The largest absolute Gasteiger partial charge is 0.396 e. The molecule has 2 aromatic rings. The van der Waals surface area contributed by atoms with Crippen molar-refractivity contribution in [3.05, 3.63) is 65.2 Å². The van der Waals surface area contributed by atoms with Gasteiger partial charge < -0.3 is 10.4 Å². The minimum absolute atomic E-state index is 0.0499. The van der Waals surface area contributed by atoms with Crippen LogP contribution in [0.2, 0.25) is 0 Å². The van der Waals surface area contributed by atoms with Gasteiger partial charge in [-0.05, 0) is 36.2 Å². The van der Waals surface area contributed by atoms with E-state index in [1.165, 1.54) is 0 Å². The molecule has 0 radical (unpaired) electrons. The quantitative estimate of drug-likeness (QED) is 0.902. The summed E-state index contributed by atoms with van der Waals surface area (Å²) in [6.45, 7) is 0.0499. The minimum atomic E-state index is -0.798. The molecule has 5 heteroatoms. The van der Waals surface area contributed by atoms with E-state index in [9.17, 15) is 13.6 Å². The third-order valence-electron chi connectivity index (χ3n) is 2.74. The molecule has 0 unspecified atom stereocenters. The van der Waals surface area contributed by atoms with Crippen molar-refractivity contribution < 1.29 is 18.7 Å². The van der Waals surface area contributed by atoms with Gasteiger partial charge in [-0.25, -0.2) is 8.78 Å². The van der Waals surface area contributed by atoms with E-state index in [0.717, 1.165) is 17.7 Å². The average Bonchev–Trinajstić information content (AvgIpc) is 2.40. The van der Waals surface area contributed by atoms with Gasteiger partial charge in [-0.3, -0.25) is 4.79 Å². The number of halogens is 2. The van der Waals surface area contributed by atoms with Crippen molar-refractivity contribution in [2.75, 3.05) is 11.9 Å². The van der Waals surface area contributed by atoms with Gasteiger partial charge in [0.15, 0.2) is 0 Å². The van der Waals surface area contributed by atoms with Crippen LogP contribution in [0, 0.1) is 11.6 Å². The van der Waals surface area contributed by atoms with Crippen LogP contribution >= 0.6 is 0 Å². The number of nitrogens with one attached hydrogen (secondary N) is 1.